The SMILES string of the molecule is Nc1nc(/C(=N/OCc2ccc(O)c(O)c2C(=O)O)C(=O)N[C@@H]2C(=O)N3C(C(=O)O)=C(CSc4cc(C(=O)O)nc5cnnn45)CS[C@H]23)cs1. The molecule has 0 bridgehead atoms. The minimum Gasteiger partial charge on any atom is -0.504 e. The van der Waals surface area contributed by atoms with Gasteiger partial charge in [-0.05, 0) is 11.6 Å². The number of oxime groups is 1. The zero-order chi connectivity index (χ0) is 35.9. The molecule has 20 nitrogen and oxygen atoms in total. The number of aliphatic carboxylic acids is 1. The summed E-state index contributed by atoms with van der Waals surface area (Å²) in [5, 5.41) is 63.5. The van der Waals surface area contributed by atoms with Crippen LogP contribution in [0.1, 0.15) is 32.1 Å². The number of amides is 2. The molecular weight excluding hydrogens is 723 g/mol. The molecule has 0 aliphatic carbocycles. The van der Waals surface area contributed by atoms with Crippen molar-refractivity contribution < 1.29 is 54.3 Å². The van der Waals surface area contributed by atoms with Crippen molar-refractivity contribution in [3.8, 4) is 11.5 Å². The first-order valence-electron chi connectivity index (χ1n) is 13.8. The maximum Gasteiger partial charge on any atom is 0.354 e. The highest BCUT2D eigenvalue weighted by Crippen LogP contribution is 2.42. The van der Waals surface area contributed by atoms with E-state index < -0.39 is 70.5 Å². The number of carboxylic acids is 3. The summed E-state index contributed by atoms with van der Waals surface area (Å²) in [5.74, 6) is -7.26. The number of hydrogen-bond acceptors (Lipinski definition) is 17. The number of carbonyl (C=O) groups is 5. The van der Waals surface area contributed by atoms with Gasteiger partial charge in [0.1, 0.15) is 40.0 Å². The van der Waals surface area contributed by atoms with Crippen LogP contribution in [0.5, 0.6) is 11.5 Å². The molecule has 8 N–H and O–H groups in total. The maximum absolute atomic E-state index is 13.5. The van der Waals surface area contributed by atoms with Crippen molar-refractivity contribution >= 4 is 81.1 Å². The van der Waals surface area contributed by atoms with Crippen LogP contribution < -0.4 is 11.1 Å². The Balaban J connectivity index is 1.19. The molecule has 6 rings (SSSR count). The van der Waals surface area contributed by atoms with Crippen molar-refractivity contribution in [2.75, 3.05) is 17.2 Å². The smallest absolute Gasteiger partial charge is 0.354 e. The predicted octanol–water partition coefficient (Wildman–Crippen LogP) is 0.422. The highest BCUT2D eigenvalue weighted by Gasteiger charge is 2.54. The summed E-state index contributed by atoms with van der Waals surface area (Å²) in [7, 11) is 0. The standard InChI is InChI=1S/C27H21N9O11S3/c28-27-31-12(8-50-27)17(33-47-5-9-1-2-13(37)20(38)16(9)25(43)44)21(39)32-18-22(40)35-19(26(45)46)10(7-49-23(18)35)6-48-15-3-11(24(41)42)30-14-4-29-34-36(14)15/h1-4,8,18,23,37-38H,5-7H2,(H2,28,31)(H,32,39)(H,41,42)(H,43,44)(H,45,46)/b33-17-/t18-,23-/m1/s1. The number of thioether (sulfide) groups is 2. The molecule has 4 aromatic rings. The number of carbonyl (C=O) groups excluding carboxylic acids is 2. The van der Waals surface area contributed by atoms with E-state index in [1.165, 1.54) is 40.0 Å². The van der Waals surface area contributed by atoms with Gasteiger partial charge in [0, 0.05) is 28.5 Å². The topological polar surface area (TPSA) is 305 Å². The normalized spacial score (nSPS) is 17.3. The van der Waals surface area contributed by atoms with E-state index in [2.05, 4.69) is 30.8 Å². The van der Waals surface area contributed by atoms with E-state index in [1.807, 2.05) is 0 Å². The number of phenols is 2. The first-order chi connectivity index (χ1) is 23.8. The highest BCUT2D eigenvalue weighted by atomic mass is 32.2. The van der Waals surface area contributed by atoms with Crippen LogP contribution in [0, 0.1) is 0 Å². The Hall–Kier alpha value is -5.94. The number of benzene rings is 1. The molecule has 0 unspecified atom stereocenters. The van der Waals surface area contributed by atoms with Crippen LogP contribution in [-0.4, -0.2) is 114 Å². The van der Waals surface area contributed by atoms with Gasteiger partial charge < -0.3 is 41.4 Å². The largest absolute Gasteiger partial charge is 0.504 e. The van der Waals surface area contributed by atoms with Gasteiger partial charge in [-0.25, -0.2) is 24.4 Å². The number of nitrogen functional groups attached to an aromatic ring is 1. The number of hydrogen-bond donors (Lipinski definition) is 7. The van der Waals surface area contributed by atoms with Crippen LogP contribution in [-0.2, 0) is 25.8 Å². The van der Waals surface area contributed by atoms with Crippen molar-refractivity contribution in [1.82, 2.24) is 35.0 Å². The van der Waals surface area contributed by atoms with Gasteiger partial charge in [-0.3, -0.25) is 14.5 Å². The lowest BCUT2D eigenvalue weighted by Gasteiger charge is -2.49. The number of phenolic OH excluding ortho intramolecular Hbond substituents is 1. The summed E-state index contributed by atoms with van der Waals surface area (Å²) < 4.78 is 1.30. The molecule has 23 heteroatoms. The fourth-order valence-corrected chi connectivity index (χ4v) is 7.95. The third-order valence-electron chi connectivity index (χ3n) is 7.20. The number of aromatic carboxylic acids is 2. The van der Waals surface area contributed by atoms with Crippen molar-refractivity contribution in [1.29, 1.82) is 0 Å². The lowest BCUT2D eigenvalue weighted by molar-refractivity contribution is -0.150. The van der Waals surface area contributed by atoms with Gasteiger partial charge in [0.15, 0.2) is 33.7 Å². The number of aromatic nitrogens is 5. The van der Waals surface area contributed by atoms with Gasteiger partial charge in [-0.2, -0.15) is 4.52 Å². The zero-order valence-corrected chi connectivity index (χ0v) is 27.2. The second kappa shape index (κ2) is 13.5. The number of nitrogens with zero attached hydrogens (tertiary/aromatic N) is 7. The highest BCUT2D eigenvalue weighted by molar-refractivity contribution is 8.01. The zero-order valence-electron chi connectivity index (χ0n) is 24.8. The summed E-state index contributed by atoms with van der Waals surface area (Å²) in [6, 6.07) is 2.31. The van der Waals surface area contributed by atoms with Crippen LogP contribution in [0.15, 0.2) is 51.2 Å². The maximum atomic E-state index is 13.5. The number of carboxylic acid groups (broad SMARTS) is 3. The number of anilines is 1. The van der Waals surface area contributed by atoms with Crippen LogP contribution in [0.2, 0.25) is 0 Å². The van der Waals surface area contributed by atoms with Gasteiger partial charge in [0.05, 0.1) is 6.20 Å². The first kappa shape index (κ1) is 33.9. The molecule has 1 fully saturated rings. The third-order valence-corrected chi connectivity index (χ3v) is 10.3. The molecule has 1 aromatic carbocycles. The summed E-state index contributed by atoms with van der Waals surface area (Å²) in [6.45, 7) is -0.562. The fraction of sp³-hybridized carbons (Fsp3) is 0.185. The van der Waals surface area contributed by atoms with Crippen molar-refractivity contribution in [2.24, 2.45) is 5.16 Å². The number of rotatable bonds is 12. The molecule has 0 spiro atoms. The van der Waals surface area contributed by atoms with E-state index in [-0.39, 0.29) is 44.9 Å². The lowest BCUT2D eigenvalue weighted by atomic mass is 10.0. The molecule has 0 radical (unpaired) electrons. The number of fused-ring (bicyclic) bond motifs is 2. The Kier molecular flexibility index (Phi) is 9.18. The average Bonchev–Trinajstić information content (AvgIpc) is 3.74. The van der Waals surface area contributed by atoms with Crippen molar-refractivity contribution in [3.05, 3.63) is 63.6 Å². The van der Waals surface area contributed by atoms with Crippen molar-refractivity contribution in [3.63, 3.8) is 0 Å². The molecule has 2 aliphatic heterocycles. The molecule has 50 heavy (non-hydrogen) atoms. The Morgan fingerprint density at radius 3 is 2.56 bits per heavy atom. The Morgan fingerprint density at radius 1 is 1.10 bits per heavy atom. The van der Waals surface area contributed by atoms with Gasteiger partial charge in [0.25, 0.3) is 11.8 Å². The third kappa shape index (κ3) is 6.30. The average molecular weight is 744 g/mol. The van der Waals surface area contributed by atoms with E-state index in [1.54, 1.807) is 0 Å². The molecule has 258 valence electrons. The van der Waals surface area contributed by atoms with Crippen LogP contribution in [0.4, 0.5) is 5.13 Å². The molecule has 2 aliphatic rings. The van der Waals surface area contributed by atoms with E-state index in [0.29, 0.717) is 10.6 Å². The van der Waals surface area contributed by atoms with Gasteiger partial charge >= 0.3 is 17.9 Å². The summed E-state index contributed by atoms with van der Waals surface area (Å²) >= 11 is 3.24. The Bertz CT molecular complexity index is 2170. The Morgan fingerprint density at radius 2 is 1.88 bits per heavy atom. The van der Waals surface area contributed by atoms with E-state index in [4.69, 9.17) is 10.6 Å². The quantitative estimate of drug-likeness (QED) is 0.0258. The number of β-lactam (4-membered cyclic amide) rings is 1. The molecule has 5 heterocycles. The molecular formula is C27H21N9O11S3. The van der Waals surface area contributed by atoms with Crippen LogP contribution in [0.25, 0.3) is 5.65 Å². The van der Waals surface area contributed by atoms with Crippen LogP contribution >= 0.6 is 34.9 Å². The number of nitrogens with one attached hydrogen (secondary N) is 1. The van der Waals surface area contributed by atoms with Crippen LogP contribution in [0.3, 0.4) is 0 Å². The summed E-state index contributed by atoms with van der Waals surface area (Å²) in [6.07, 6.45) is 1.27. The second-order valence-corrected chi connectivity index (χ2v) is 13.2. The van der Waals surface area contributed by atoms with E-state index >= 15 is 0 Å². The second-order valence-electron chi connectivity index (χ2n) is 10.3. The summed E-state index contributed by atoms with van der Waals surface area (Å²) in [4.78, 5) is 76.6. The number of aromatic hydroxyl groups is 2. The van der Waals surface area contributed by atoms with Gasteiger partial charge in [0.2, 0.25) is 0 Å². The summed E-state index contributed by atoms with van der Waals surface area (Å²) in [5.41, 5.74) is 4.52. The van der Waals surface area contributed by atoms with E-state index in [0.717, 1.165) is 34.1 Å². The molecule has 2 amide bonds. The minimum atomic E-state index is -1.56. The molecule has 0 saturated carbocycles. The number of nitrogens with two attached hydrogens (primary N) is 1. The Labute approximate surface area is 290 Å². The molecule has 2 atom stereocenters. The predicted molar refractivity (Wildman–Crippen MR) is 173 cm³/mol. The van der Waals surface area contributed by atoms with E-state index in [9.17, 15) is 49.5 Å². The van der Waals surface area contributed by atoms with Crippen molar-refractivity contribution in [2.45, 2.75) is 23.0 Å². The monoisotopic (exact) mass is 743 g/mol. The number of thiazole rings is 1. The fourth-order valence-electron chi connectivity index (χ4n) is 4.92. The minimum absolute atomic E-state index is 0.0361. The molecule has 1 saturated heterocycles. The molecule has 3 aromatic heterocycles. The van der Waals surface area contributed by atoms with Gasteiger partial charge in [-0.1, -0.05) is 16.4 Å². The lowest BCUT2D eigenvalue weighted by Crippen LogP contribution is -2.71. The van der Waals surface area contributed by atoms with Gasteiger partial charge in [-0.15, -0.1) is 40.0 Å². The first-order valence-corrected chi connectivity index (χ1v) is 16.7.